The zero-order chi connectivity index (χ0) is 20.5. The van der Waals surface area contributed by atoms with Crippen LogP contribution in [0.4, 0.5) is 0 Å². The number of rotatable bonds is 11. The molecule has 0 atom stereocenters. The molecule has 154 valence electrons. The van der Waals surface area contributed by atoms with Crippen molar-refractivity contribution in [2.75, 3.05) is 0 Å². The van der Waals surface area contributed by atoms with Crippen LogP contribution in [0, 0.1) is 0 Å². The summed E-state index contributed by atoms with van der Waals surface area (Å²) in [4.78, 5) is 0. The summed E-state index contributed by atoms with van der Waals surface area (Å²) in [6.45, 7) is 11.3. The van der Waals surface area contributed by atoms with E-state index < -0.39 is 0 Å². The molecule has 0 saturated heterocycles. The lowest BCUT2D eigenvalue weighted by Gasteiger charge is -2.25. The lowest BCUT2D eigenvalue weighted by Crippen LogP contribution is -2.06. The van der Waals surface area contributed by atoms with E-state index in [1.807, 2.05) is 6.07 Å². The van der Waals surface area contributed by atoms with Crippen LogP contribution in [0.1, 0.15) is 108 Å². The van der Waals surface area contributed by atoms with E-state index in [-0.39, 0.29) is 0 Å². The van der Waals surface area contributed by atoms with Crippen LogP contribution in [0.5, 0.6) is 5.75 Å². The molecule has 28 heavy (non-hydrogen) atoms. The Balaban J connectivity index is 2.34. The van der Waals surface area contributed by atoms with E-state index in [1.165, 1.54) is 60.8 Å². The fraction of sp³-hybridized carbons (Fsp3) is 0.556. The predicted molar refractivity (Wildman–Crippen MR) is 123 cm³/mol. The zero-order valence-corrected chi connectivity index (χ0v) is 18.7. The highest BCUT2D eigenvalue weighted by molar-refractivity contribution is 5.76. The summed E-state index contributed by atoms with van der Waals surface area (Å²) in [5.41, 5.74) is 6.37. The first-order valence-corrected chi connectivity index (χ1v) is 11.4. The van der Waals surface area contributed by atoms with Crippen molar-refractivity contribution in [3.05, 3.63) is 53.1 Å². The van der Waals surface area contributed by atoms with Gasteiger partial charge in [0.25, 0.3) is 0 Å². The van der Waals surface area contributed by atoms with E-state index in [2.05, 4.69) is 65.0 Å². The lowest BCUT2D eigenvalue weighted by atomic mass is 9.80. The summed E-state index contributed by atoms with van der Waals surface area (Å²) in [5, 5.41) is 11.0. The van der Waals surface area contributed by atoms with Gasteiger partial charge in [0.2, 0.25) is 0 Å². The summed E-state index contributed by atoms with van der Waals surface area (Å²) in [7, 11) is 0. The van der Waals surface area contributed by atoms with Crippen molar-refractivity contribution in [1.82, 2.24) is 0 Å². The van der Waals surface area contributed by atoms with Gasteiger partial charge in [0, 0.05) is 5.56 Å². The quantitative estimate of drug-likeness (QED) is 0.387. The molecule has 2 aromatic carbocycles. The number of aromatic hydroxyl groups is 1. The highest BCUT2D eigenvalue weighted by Gasteiger charge is 2.22. The highest BCUT2D eigenvalue weighted by Crippen LogP contribution is 2.42. The summed E-state index contributed by atoms with van der Waals surface area (Å²) in [6.07, 6.45) is 10.0. The maximum atomic E-state index is 11.0. The van der Waals surface area contributed by atoms with Crippen molar-refractivity contribution < 1.29 is 5.11 Å². The van der Waals surface area contributed by atoms with E-state index in [4.69, 9.17) is 0 Å². The molecule has 0 aromatic heterocycles. The molecule has 0 amide bonds. The fourth-order valence-electron chi connectivity index (χ4n) is 4.29. The van der Waals surface area contributed by atoms with E-state index in [0.29, 0.717) is 17.6 Å². The molecule has 0 aliphatic rings. The van der Waals surface area contributed by atoms with Gasteiger partial charge in [-0.15, -0.1) is 0 Å². The summed E-state index contributed by atoms with van der Waals surface area (Å²) >= 11 is 0. The first kappa shape index (κ1) is 22.5. The standard InChI is InChI=1S/C27H40O/c1-6-7-8-9-10-11-15-18-23-25(28)19-24(20(2)3)26(21(4)5)27(23)22-16-13-12-14-17-22/h12-14,16-17,19-21,28H,6-11,15,18H2,1-5H3. The number of benzene rings is 2. The zero-order valence-electron chi connectivity index (χ0n) is 18.7. The molecule has 0 unspecified atom stereocenters. The van der Waals surface area contributed by atoms with Crippen molar-refractivity contribution in [3.63, 3.8) is 0 Å². The first-order valence-electron chi connectivity index (χ1n) is 11.4. The molecular weight excluding hydrogens is 340 g/mol. The topological polar surface area (TPSA) is 20.2 Å². The van der Waals surface area contributed by atoms with Crippen molar-refractivity contribution in [2.24, 2.45) is 0 Å². The van der Waals surface area contributed by atoms with Crippen LogP contribution in [0.3, 0.4) is 0 Å². The first-order chi connectivity index (χ1) is 13.5. The SMILES string of the molecule is CCCCCCCCCc1c(O)cc(C(C)C)c(C(C)C)c1-c1ccccc1. The molecule has 1 N–H and O–H groups in total. The third-order valence-electron chi connectivity index (χ3n) is 5.78. The average molecular weight is 381 g/mol. The Labute approximate surface area is 173 Å². The number of unbranched alkanes of at least 4 members (excludes halogenated alkanes) is 6. The molecule has 0 spiro atoms. The van der Waals surface area contributed by atoms with Gasteiger partial charge in [-0.25, -0.2) is 0 Å². The summed E-state index contributed by atoms with van der Waals surface area (Å²) in [6, 6.07) is 12.7. The van der Waals surface area contributed by atoms with Gasteiger partial charge >= 0.3 is 0 Å². The fourth-order valence-corrected chi connectivity index (χ4v) is 4.29. The van der Waals surface area contributed by atoms with Crippen molar-refractivity contribution in [1.29, 1.82) is 0 Å². The molecule has 0 heterocycles. The van der Waals surface area contributed by atoms with Crippen LogP contribution in [0.2, 0.25) is 0 Å². The molecule has 0 saturated carbocycles. The maximum absolute atomic E-state index is 11.0. The second-order valence-corrected chi connectivity index (χ2v) is 8.80. The van der Waals surface area contributed by atoms with Gasteiger partial charge in [-0.05, 0) is 53.0 Å². The third kappa shape index (κ3) is 5.87. The summed E-state index contributed by atoms with van der Waals surface area (Å²) in [5.74, 6) is 1.32. The van der Waals surface area contributed by atoms with Gasteiger partial charge in [-0.3, -0.25) is 0 Å². The van der Waals surface area contributed by atoms with Gasteiger partial charge in [-0.2, -0.15) is 0 Å². The number of phenolic OH excluding ortho intramolecular Hbond substituents is 1. The van der Waals surface area contributed by atoms with Crippen LogP contribution in [0.15, 0.2) is 36.4 Å². The van der Waals surface area contributed by atoms with E-state index in [1.54, 1.807) is 0 Å². The Kier molecular flexibility index (Phi) is 9.09. The number of phenols is 1. The van der Waals surface area contributed by atoms with Crippen LogP contribution in [-0.4, -0.2) is 5.11 Å². The number of hydrogen-bond acceptors (Lipinski definition) is 1. The van der Waals surface area contributed by atoms with Gasteiger partial charge < -0.3 is 5.11 Å². The van der Waals surface area contributed by atoms with E-state index >= 15 is 0 Å². The molecule has 2 rings (SSSR count). The van der Waals surface area contributed by atoms with E-state index in [9.17, 15) is 5.11 Å². The average Bonchev–Trinajstić information content (AvgIpc) is 2.67. The molecule has 0 aliphatic carbocycles. The summed E-state index contributed by atoms with van der Waals surface area (Å²) < 4.78 is 0. The molecular formula is C27H40O. The predicted octanol–water partition coefficient (Wildman–Crippen LogP) is 8.60. The second kappa shape index (κ2) is 11.3. The van der Waals surface area contributed by atoms with Crippen LogP contribution >= 0.6 is 0 Å². The minimum absolute atomic E-state index is 0.401. The Bertz CT molecular complexity index is 713. The lowest BCUT2D eigenvalue weighted by molar-refractivity contribution is 0.464. The number of hydrogen-bond donors (Lipinski definition) is 1. The van der Waals surface area contributed by atoms with Gasteiger partial charge in [0.05, 0.1) is 0 Å². The van der Waals surface area contributed by atoms with Crippen molar-refractivity contribution in [2.45, 2.75) is 97.8 Å². The smallest absolute Gasteiger partial charge is 0.119 e. The second-order valence-electron chi connectivity index (χ2n) is 8.80. The Hall–Kier alpha value is -1.76. The van der Waals surface area contributed by atoms with Crippen molar-refractivity contribution in [3.8, 4) is 16.9 Å². The monoisotopic (exact) mass is 380 g/mol. The molecule has 0 radical (unpaired) electrons. The van der Waals surface area contributed by atoms with Gasteiger partial charge in [0.15, 0.2) is 0 Å². The molecule has 0 bridgehead atoms. The Morgan fingerprint density at radius 2 is 1.39 bits per heavy atom. The Morgan fingerprint density at radius 1 is 0.786 bits per heavy atom. The van der Waals surface area contributed by atoms with E-state index in [0.717, 1.165) is 18.4 Å². The maximum Gasteiger partial charge on any atom is 0.119 e. The van der Waals surface area contributed by atoms with Crippen LogP contribution < -0.4 is 0 Å². The third-order valence-corrected chi connectivity index (χ3v) is 5.78. The minimum Gasteiger partial charge on any atom is -0.508 e. The Morgan fingerprint density at radius 3 is 1.96 bits per heavy atom. The van der Waals surface area contributed by atoms with Crippen LogP contribution in [-0.2, 0) is 6.42 Å². The molecule has 1 nitrogen and oxygen atoms in total. The molecule has 0 fully saturated rings. The van der Waals surface area contributed by atoms with Crippen LogP contribution in [0.25, 0.3) is 11.1 Å². The van der Waals surface area contributed by atoms with Gasteiger partial charge in [-0.1, -0.05) is 103 Å². The normalized spacial score (nSPS) is 11.5. The van der Waals surface area contributed by atoms with Crippen molar-refractivity contribution >= 4 is 0 Å². The van der Waals surface area contributed by atoms with Gasteiger partial charge in [0.1, 0.15) is 5.75 Å². The highest BCUT2D eigenvalue weighted by atomic mass is 16.3. The molecule has 1 heteroatoms. The molecule has 0 aliphatic heterocycles. The largest absolute Gasteiger partial charge is 0.508 e. The molecule has 2 aromatic rings. The minimum atomic E-state index is 0.401.